The molecule has 2 N–H and O–H groups in total. The van der Waals surface area contributed by atoms with Crippen LogP contribution in [0.4, 0.5) is 5.69 Å². The van der Waals surface area contributed by atoms with Gasteiger partial charge in [0.1, 0.15) is 24.2 Å². The summed E-state index contributed by atoms with van der Waals surface area (Å²) in [5.74, 6) is -0.503. The first-order valence-electron chi connectivity index (χ1n) is 21.0. The van der Waals surface area contributed by atoms with Gasteiger partial charge in [0.25, 0.3) is 17.7 Å². The summed E-state index contributed by atoms with van der Waals surface area (Å²) in [7, 11) is 0. The summed E-state index contributed by atoms with van der Waals surface area (Å²) in [4.78, 5) is 74.2. The Balaban J connectivity index is 0.702. The predicted molar refractivity (Wildman–Crippen MR) is 215 cm³/mol. The number of anilines is 1. The van der Waals surface area contributed by atoms with Gasteiger partial charge in [-0.2, -0.15) is 10.4 Å². The lowest BCUT2D eigenvalue weighted by Gasteiger charge is -2.55. The number of ether oxygens (including phenoxy) is 1. The fourth-order valence-electron chi connectivity index (χ4n) is 10.2. The number of carbonyl (C=O) groups is 5. The minimum Gasteiger partial charge on any atom is -0.490 e. The van der Waals surface area contributed by atoms with E-state index in [9.17, 15) is 24.0 Å². The van der Waals surface area contributed by atoms with Crippen LogP contribution < -0.4 is 20.3 Å². The van der Waals surface area contributed by atoms with Crippen LogP contribution in [0.2, 0.25) is 5.02 Å². The van der Waals surface area contributed by atoms with Gasteiger partial charge in [-0.1, -0.05) is 11.6 Å². The first-order chi connectivity index (χ1) is 28.6. The van der Waals surface area contributed by atoms with Crippen LogP contribution in [0.15, 0.2) is 42.7 Å². The summed E-state index contributed by atoms with van der Waals surface area (Å²) in [6, 6.07) is 11.8. The number of nitriles is 1. The van der Waals surface area contributed by atoms with E-state index in [1.54, 1.807) is 30.3 Å². The monoisotopic (exact) mass is 821 g/mol. The molecule has 2 aliphatic carbocycles. The molecule has 2 aromatic carbocycles. The van der Waals surface area contributed by atoms with Crippen molar-refractivity contribution in [2.75, 3.05) is 37.6 Å². The number of aromatic nitrogens is 3. The quantitative estimate of drug-likeness (QED) is 0.287. The van der Waals surface area contributed by atoms with Gasteiger partial charge in [-0.15, -0.1) is 0 Å². The number of hydrogen-bond acceptors (Lipinski definition) is 11. The Morgan fingerprint density at radius 1 is 0.932 bits per heavy atom. The van der Waals surface area contributed by atoms with Crippen LogP contribution >= 0.6 is 11.6 Å². The average Bonchev–Trinajstić information content (AvgIpc) is 3.81. The highest BCUT2D eigenvalue weighted by Crippen LogP contribution is 2.44. The average molecular weight is 822 g/mol. The van der Waals surface area contributed by atoms with E-state index in [0.29, 0.717) is 39.2 Å². The van der Waals surface area contributed by atoms with Crippen LogP contribution in [-0.2, 0) is 9.59 Å². The molecule has 15 nitrogen and oxygen atoms in total. The molecule has 1 atom stereocenters. The van der Waals surface area contributed by atoms with Crippen molar-refractivity contribution >= 4 is 46.8 Å². The number of fused-ring (bicyclic) bond motifs is 1. The molecule has 9 rings (SSSR count). The zero-order valence-electron chi connectivity index (χ0n) is 32.9. The lowest BCUT2D eigenvalue weighted by Crippen LogP contribution is -2.60. The van der Waals surface area contributed by atoms with Crippen LogP contribution in [0.25, 0.3) is 0 Å². The SMILES string of the molecule is N#Cc1ccc(O[C@H]2CC[C@H](NC(=O)c3ncnn3[C@H]3CC[C@H](CN4CCC5(CC4)CN(c4ccc6c(c4)C(=O)N(C4CCC(=O)NC4=O)C6=O)C5)CC3)CC2)cc1Cl. The van der Waals surface area contributed by atoms with Gasteiger partial charge in [0.05, 0.1) is 33.9 Å². The fourth-order valence-corrected chi connectivity index (χ4v) is 10.4. The molecular formula is C43H48ClN9O6. The number of piperidine rings is 2. The normalized spacial score (nSPS) is 26.9. The molecule has 4 aliphatic heterocycles. The minimum atomic E-state index is -0.968. The van der Waals surface area contributed by atoms with E-state index < -0.39 is 23.8 Å². The van der Waals surface area contributed by atoms with Gasteiger partial charge in [-0.05, 0) is 120 Å². The molecule has 1 aromatic heterocycles. The number of nitrogens with one attached hydrogen (secondary N) is 2. The first kappa shape index (κ1) is 39.1. The van der Waals surface area contributed by atoms with Gasteiger partial charge < -0.3 is 19.9 Å². The van der Waals surface area contributed by atoms with Gasteiger partial charge in [-0.25, -0.2) is 9.67 Å². The Hall–Kier alpha value is -5.33. The van der Waals surface area contributed by atoms with Crippen molar-refractivity contribution in [2.45, 2.75) is 101 Å². The molecule has 1 unspecified atom stereocenters. The van der Waals surface area contributed by atoms with Gasteiger partial charge in [0.2, 0.25) is 17.6 Å². The molecule has 6 aliphatic rings. The van der Waals surface area contributed by atoms with E-state index >= 15 is 0 Å². The Morgan fingerprint density at radius 3 is 2.39 bits per heavy atom. The molecule has 3 aromatic rings. The summed E-state index contributed by atoms with van der Waals surface area (Å²) in [5.41, 5.74) is 2.19. The second kappa shape index (κ2) is 16.0. The summed E-state index contributed by atoms with van der Waals surface area (Å²) >= 11 is 6.17. The van der Waals surface area contributed by atoms with Crippen molar-refractivity contribution in [3.05, 3.63) is 70.3 Å². The summed E-state index contributed by atoms with van der Waals surface area (Å²) in [6.45, 7) is 4.99. The zero-order chi connectivity index (χ0) is 40.8. The highest BCUT2D eigenvalue weighted by Gasteiger charge is 2.48. The van der Waals surface area contributed by atoms with Crippen molar-refractivity contribution in [3.63, 3.8) is 0 Å². The maximum absolute atomic E-state index is 13.4. The van der Waals surface area contributed by atoms with Gasteiger partial charge >= 0.3 is 0 Å². The number of nitrogens with zero attached hydrogens (tertiary/aromatic N) is 7. The Kier molecular flexibility index (Phi) is 10.6. The number of amides is 5. The number of rotatable bonds is 9. The van der Waals surface area contributed by atoms with E-state index in [2.05, 4.69) is 36.6 Å². The van der Waals surface area contributed by atoms with Crippen molar-refractivity contribution in [1.82, 2.24) is 35.2 Å². The number of halogens is 1. The second-order valence-electron chi connectivity index (χ2n) is 17.4. The smallest absolute Gasteiger partial charge is 0.289 e. The van der Waals surface area contributed by atoms with Crippen molar-refractivity contribution < 1.29 is 28.7 Å². The molecular weight excluding hydrogens is 774 g/mol. The molecule has 16 heteroatoms. The fraction of sp³-hybridized carbons (Fsp3) is 0.535. The standard InChI is InChI=1S/C43H48ClN9O6/c44-35-20-32(9-3-27(35)21-45)59-31-10-4-28(5-11-31)48-40(56)38-46-25-47-53(38)29-6-1-26(2-7-29)22-50-17-15-43(16-18-50)23-51(24-43)30-8-12-33-34(19-30)42(58)52(41(33)57)36-13-14-37(54)49-39(36)55/h3,8-9,12,19-20,25-26,28-29,31,36H,1-2,4-7,10-11,13-18,22-24H2,(H,48,56)(H,49,54,55)/t26-,28-,29-,31-,36?. The van der Waals surface area contributed by atoms with Crippen molar-refractivity contribution in [1.29, 1.82) is 5.26 Å². The Morgan fingerprint density at radius 2 is 1.68 bits per heavy atom. The van der Waals surface area contributed by atoms with Crippen LogP contribution in [-0.4, -0.2) is 105 Å². The molecule has 59 heavy (non-hydrogen) atoms. The van der Waals surface area contributed by atoms with Crippen LogP contribution in [0.3, 0.4) is 0 Å². The Bertz CT molecular complexity index is 2210. The predicted octanol–water partition coefficient (Wildman–Crippen LogP) is 4.66. The topological polar surface area (TPSA) is 183 Å². The largest absolute Gasteiger partial charge is 0.490 e. The van der Waals surface area contributed by atoms with E-state index in [4.69, 9.17) is 21.6 Å². The molecule has 5 fully saturated rings. The maximum atomic E-state index is 13.4. The molecule has 2 saturated carbocycles. The molecule has 0 radical (unpaired) electrons. The number of benzene rings is 2. The zero-order valence-corrected chi connectivity index (χ0v) is 33.7. The van der Waals surface area contributed by atoms with Gasteiger partial charge in [-0.3, -0.25) is 34.2 Å². The Labute approximate surface area is 347 Å². The molecule has 1 spiro atoms. The van der Waals surface area contributed by atoms with E-state index in [1.807, 2.05) is 10.7 Å². The van der Waals surface area contributed by atoms with Crippen LogP contribution in [0.1, 0.15) is 120 Å². The third-order valence-corrected chi connectivity index (χ3v) is 13.9. The van der Waals surface area contributed by atoms with Gasteiger partial charge in [0, 0.05) is 49.3 Å². The number of likely N-dealkylation sites (tertiary alicyclic amines) is 1. The van der Waals surface area contributed by atoms with Crippen molar-refractivity contribution in [2.24, 2.45) is 11.3 Å². The number of carbonyl (C=O) groups excluding carboxylic acids is 5. The van der Waals surface area contributed by atoms with E-state index in [1.165, 1.54) is 6.33 Å². The van der Waals surface area contributed by atoms with E-state index in [-0.39, 0.29) is 48.3 Å². The molecule has 5 heterocycles. The van der Waals surface area contributed by atoms with Crippen LogP contribution in [0.5, 0.6) is 5.75 Å². The highest BCUT2D eigenvalue weighted by molar-refractivity contribution is 6.31. The lowest BCUT2D eigenvalue weighted by atomic mass is 9.71. The third-order valence-electron chi connectivity index (χ3n) is 13.6. The highest BCUT2D eigenvalue weighted by atomic mass is 35.5. The number of imide groups is 2. The minimum absolute atomic E-state index is 0.0230. The lowest BCUT2D eigenvalue weighted by molar-refractivity contribution is -0.136. The first-order valence-corrected chi connectivity index (χ1v) is 21.3. The van der Waals surface area contributed by atoms with E-state index in [0.717, 1.165) is 108 Å². The third kappa shape index (κ3) is 7.80. The summed E-state index contributed by atoms with van der Waals surface area (Å²) < 4.78 is 7.96. The summed E-state index contributed by atoms with van der Waals surface area (Å²) in [6.07, 6.45) is 11.2. The van der Waals surface area contributed by atoms with Crippen molar-refractivity contribution in [3.8, 4) is 11.8 Å². The molecule has 5 amide bonds. The molecule has 0 bridgehead atoms. The molecule has 308 valence electrons. The molecule has 3 saturated heterocycles. The maximum Gasteiger partial charge on any atom is 0.289 e. The second-order valence-corrected chi connectivity index (χ2v) is 17.8. The van der Waals surface area contributed by atoms with Crippen LogP contribution in [0, 0.1) is 22.7 Å². The van der Waals surface area contributed by atoms with Gasteiger partial charge in [0.15, 0.2) is 0 Å². The summed E-state index contributed by atoms with van der Waals surface area (Å²) in [5, 5.41) is 19.4. The number of hydrogen-bond donors (Lipinski definition) is 2.